The highest BCUT2D eigenvalue weighted by Crippen LogP contribution is 2.26. The first kappa shape index (κ1) is 13.1. The molecular weight excluding hydrogens is 258 g/mol. The van der Waals surface area contributed by atoms with Crippen LogP contribution in [0.4, 0.5) is 14.5 Å². The Hall–Kier alpha value is -1.94. The maximum atomic E-state index is 13.7. The van der Waals surface area contributed by atoms with Crippen LogP contribution >= 0.6 is 0 Å². The molecule has 1 heterocycles. The molecule has 1 fully saturated rings. The molecule has 1 aliphatic rings. The molecule has 4 heteroatoms. The Morgan fingerprint density at radius 1 is 0.900 bits per heavy atom. The lowest BCUT2D eigenvalue weighted by atomic mass is 10.0. The fourth-order valence-corrected chi connectivity index (χ4v) is 2.50. The van der Waals surface area contributed by atoms with Gasteiger partial charge in [0.1, 0.15) is 0 Å². The van der Waals surface area contributed by atoms with Gasteiger partial charge in [0.2, 0.25) is 0 Å². The lowest BCUT2D eigenvalue weighted by molar-refractivity contribution is 0.511. The van der Waals surface area contributed by atoms with E-state index in [0.29, 0.717) is 11.1 Å². The Labute approximate surface area is 117 Å². The van der Waals surface area contributed by atoms with E-state index in [9.17, 15) is 8.78 Å². The summed E-state index contributed by atoms with van der Waals surface area (Å²) in [7, 11) is 0. The lowest BCUT2D eigenvalue weighted by Gasteiger charge is -2.29. The predicted molar refractivity (Wildman–Crippen MR) is 76.9 cm³/mol. The van der Waals surface area contributed by atoms with Crippen LogP contribution in [0.2, 0.25) is 0 Å². The molecule has 0 aromatic heterocycles. The van der Waals surface area contributed by atoms with Gasteiger partial charge in [0.15, 0.2) is 11.6 Å². The van der Waals surface area contributed by atoms with Crippen LogP contribution in [-0.2, 0) is 0 Å². The molecule has 2 aromatic rings. The molecule has 0 unspecified atom stereocenters. The molecule has 1 N–H and O–H groups in total. The van der Waals surface area contributed by atoms with Crippen molar-refractivity contribution in [2.45, 2.75) is 0 Å². The summed E-state index contributed by atoms with van der Waals surface area (Å²) in [5.41, 5.74) is 2.12. The predicted octanol–water partition coefficient (Wildman–Crippen LogP) is 3.04. The van der Waals surface area contributed by atoms with Crippen molar-refractivity contribution in [3.8, 4) is 11.1 Å². The first-order valence-electron chi connectivity index (χ1n) is 6.76. The standard InChI is InChI=1S/C16H16F2N2/c17-15-3-1-2-14(16(15)18)12-4-6-13(7-5-12)20-10-8-19-9-11-20/h1-7,19H,8-11H2. The van der Waals surface area contributed by atoms with Crippen molar-refractivity contribution < 1.29 is 8.78 Å². The molecule has 2 nitrogen and oxygen atoms in total. The molecule has 0 spiro atoms. The minimum atomic E-state index is -0.811. The third-order valence-corrected chi connectivity index (χ3v) is 3.61. The van der Waals surface area contributed by atoms with Gasteiger partial charge in [-0.15, -0.1) is 0 Å². The van der Waals surface area contributed by atoms with Gasteiger partial charge in [0.25, 0.3) is 0 Å². The van der Waals surface area contributed by atoms with Crippen molar-refractivity contribution in [3.63, 3.8) is 0 Å². The number of rotatable bonds is 2. The molecule has 0 aliphatic carbocycles. The van der Waals surface area contributed by atoms with E-state index in [0.717, 1.165) is 37.9 Å². The van der Waals surface area contributed by atoms with Crippen LogP contribution in [0.5, 0.6) is 0 Å². The number of hydrogen-bond donors (Lipinski definition) is 1. The monoisotopic (exact) mass is 274 g/mol. The van der Waals surface area contributed by atoms with E-state index in [2.05, 4.69) is 10.2 Å². The third kappa shape index (κ3) is 2.51. The Morgan fingerprint density at radius 2 is 1.60 bits per heavy atom. The summed E-state index contributed by atoms with van der Waals surface area (Å²) < 4.78 is 27.0. The van der Waals surface area contributed by atoms with Gasteiger partial charge >= 0.3 is 0 Å². The van der Waals surface area contributed by atoms with Gasteiger partial charge in [0, 0.05) is 37.4 Å². The highest BCUT2D eigenvalue weighted by Gasteiger charge is 2.12. The van der Waals surface area contributed by atoms with Crippen molar-refractivity contribution in [1.82, 2.24) is 5.32 Å². The SMILES string of the molecule is Fc1cccc(-c2ccc(N3CCNCC3)cc2)c1F. The van der Waals surface area contributed by atoms with Gasteiger partial charge in [-0.2, -0.15) is 0 Å². The zero-order valence-corrected chi connectivity index (χ0v) is 11.1. The highest BCUT2D eigenvalue weighted by atomic mass is 19.2. The van der Waals surface area contributed by atoms with E-state index < -0.39 is 11.6 Å². The van der Waals surface area contributed by atoms with Crippen LogP contribution in [0.15, 0.2) is 42.5 Å². The van der Waals surface area contributed by atoms with Crippen molar-refractivity contribution in [3.05, 3.63) is 54.1 Å². The molecule has 104 valence electrons. The van der Waals surface area contributed by atoms with Gasteiger partial charge < -0.3 is 10.2 Å². The highest BCUT2D eigenvalue weighted by molar-refractivity contribution is 5.67. The Bertz CT molecular complexity index is 590. The van der Waals surface area contributed by atoms with Crippen LogP contribution in [0.25, 0.3) is 11.1 Å². The minimum absolute atomic E-state index is 0.303. The van der Waals surface area contributed by atoms with E-state index >= 15 is 0 Å². The van der Waals surface area contributed by atoms with E-state index in [1.54, 1.807) is 6.07 Å². The van der Waals surface area contributed by atoms with Gasteiger partial charge in [-0.3, -0.25) is 0 Å². The molecule has 0 radical (unpaired) electrons. The second-order valence-electron chi connectivity index (χ2n) is 4.89. The molecule has 0 atom stereocenters. The Morgan fingerprint density at radius 3 is 2.30 bits per heavy atom. The Balaban J connectivity index is 1.87. The summed E-state index contributed by atoms with van der Waals surface area (Å²) in [4.78, 5) is 2.28. The maximum absolute atomic E-state index is 13.7. The topological polar surface area (TPSA) is 15.3 Å². The minimum Gasteiger partial charge on any atom is -0.369 e. The van der Waals surface area contributed by atoms with E-state index in [4.69, 9.17) is 0 Å². The summed E-state index contributed by atoms with van der Waals surface area (Å²) in [5, 5.41) is 3.30. The number of anilines is 1. The van der Waals surface area contributed by atoms with Gasteiger partial charge in [-0.25, -0.2) is 8.78 Å². The Kier molecular flexibility index (Phi) is 3.65. The molecule has 0 saturated carbocycles. The molecule has 20 heavy (non-hydrogen) atoms. The zero-order chi connectivity index (χ0) is 13.9. The summed E-state index contributed by atoms with van der Waals surface area (Å²) in [6.07, 6.45) is 0. The van der Waals surface area contributed by atoms with Crippen molar-refractivity contribution in [1.29, 1.82) is 0 Å². The zero-order valence-electron chi connectivity index (χ0n) is 11.1. The number of nitrogens with one attached hydrogen (secondary N) is 1. The van der Waals surface area contributed by atoms with Crippen molar-refractivity contribution in [2.75, 3.05) is 31.1 Å². The summed E-state index contributed by atoms with van der Waals surface area (Å²) >= 11 is 0. The number of piperazine rings is 1. The number of hydrogen-bond acceptors (Lipinski definition) is 2. The first-order chi connectivity index (χ1) is 9.75. The van der Waals surface area contributed by atoms with Crippen LogP contribution in [0.3, 0.4) is 0 Å². The largest absolute Gasteiger partial charge is 0.369 e. The van der Waals surface area contributed by atoms with E-state index in [1.165, 1.54) is 6.07 Å². The van der Waals surface area contributed by atoms with Crippen molar-refractivity contribution in [2.24, 2.45) is 0 Å². The first-order valence-corrected chi connectivity index (χ1v) is 6.76. The molecular formula is C16H16F2N2. The molecule has 1 saturated heterocycles. The summed E-state index contributed by atoms with van der Waals surface area (Å²) in [6, 6.07) is 11.9. The lowest BCUT2D eigenvalue weighted by Crippen LogP contribution is -2.43. The second-order valence-corrected chi connectivity index (χ2v) is 4.89. The molecule has 0 bridgehead atoms. The third-order valence-electron chi connectivity index (χ3n) is 3.61. The van der Waals surface area contributed by atoms with Crippen LogP contribution in [0, 0.1) is 11.6 Å². The molecule has 2 aromatic carbocycles. The number of halogens is 2. The smallest absolute Gasteiger partial charge is 0.166 e. The van der Waals surface area contributed by atoms with E-state index in [-0.39, 0.29) is 0 Å². The van der Waals surface area contributed by atoms with Crippen LogP contribution in [0.1, 0.15) is 0 Å². The van der Waals surface area contributed by atoms with Gasteiger partial charge in [0.05, 0.1) is 0 Å². The average Bonchev–Trinajstić information content (AvgIpc) is 2.51. The van der Waals surface area contributed by atoms with Crippen LogP contribution in [-0.4, -0.2) is 26.2 Å². The second kappa shape index (κ2) is 5.59. The van der Waals surface area contributed by atoms with E-state index in [1.807, 2.05) is 24.3 Å². The fourth-order valence-electron chi connectivity index (χ4n) is 2.50. The molecule has 0 amide bonds. The van der Waals surface area contributed by atoms with Crippen LogP contribution < -0.4 is 10.2 Å². The quantitative estimate of drug-likeness (QED) is 0.905. The number of benzene rings is 2. The number of nitrogens with zero attached hydrogens (tertiary/aromatic N) is 1. The van der Waals surface area contributed by atoms with Gasteiger partial charge in [-0.05, 0) is 23.8 Å². The fraction of sp³-hybridized carbons (Fsp3) is 0.250. The van der Waals surface area contributed by atoms with Crippen molar-refractivity contribution >= 4 is 5.69 Å². The normalized spacial score (nSPS) is 15.4. The summed E-state index contributed by atoms with van der Waals surface area (Å²) in [6.45, 7) is 3.88. The van der Waals surface area contributed by atoms with Gasteiger partial charge in [-0.1, -0.05) is 24.3 Å². The average molecular weight is 274 g/mol. The summed E-state index contributed by atoms with van der Waals surface area (Å²) in [5.74, 6) is -1.60. The maximum Gasteiger partial charge on any atom is 0.166 e. The molecule has 3 rings (SSSR count). The molecule has 1 aliphatic heterocycles.